The molecule has 0 saturated heterocycles. The molecular formula is C20H18N2O4. The Labute approximate surface area is 151 Å². The number of nitrogens with one attached hydrogen (secondary N) is 1. The van der Waals surface area contributed by atoms with Gasteiger partial charge < -0.3 is 15.2 Å². The number of hydrogen-bond donors (Lipinski definition) is 2. The van der Waals surface area contributed by atoms with Crippen molar-refractivity contribution in [2.75, 3.05) is 11.9 Å². The summed E-state index contributed by atoms with van der Waals surface area (Å²) in [6, 6.07) is 15.6. The van der Waals surface area contributed by atoms with Gasteiger partial charge >= 0.3 is 5.97 Å². The van der Waals surface area contributed by atoms with Crippen LogP contribution in [-0.4, -0.2) is 23.6 Å². The number of carboxylic acids is 1. The molecule has 2 aromatic carbocycles. The summed E-state index contributed by atoms with van der Waals surface area (Å²) in [5.74, 6) is -0.621. The summed E-state index contributed by atoms with van der Waals surface area (Å²) in [5.41, 5.74) is 1.83. The van der Waals surface area contributed by atoms with Crippen LogP contribution in [0.15, 0.2) is 54.6 Å². The molecule has 0 saturated carbocycles. The number of rotatable bonds is 8. The van der Waals surface area contributed by atoms with Crippen molar-refractivity contribution < 1.29 is 19.4 Å². The Morgan fingerprint density at radius 1 is 1.12 bits per heavy atom. The molecular weight excluding hydrogens is 332 g/mol. The van der Waals surface area contributed by atoms with Crippen LogP contribution in [0, 0.1) is 11.3 Å². The van der Waals surface area contributed by atoms with Gasteiger partial charge in [-0.3, -0.25) is 4.79 Å². The number of carboxylic acid groups (broad SMARTS) is 1. The summed E-state index contributed by atoms with van der Waals surface area (Å²) >= 11 is 0. The number of amides is 1. The van der Waals surface area contributed by atoms with E-state index >= 15 is 0 Å². The van der Waals surface area contributed by atoms with Crippen LogP contribution >= 0.6 is 0 Å². The molecule has 6 nitrogen and oxygen atoms in total. The first-order chi connectivity index (χ1) is 12.6. The fraction of sp³-hybridized carbons (Fsp3) is 0.150. The molecule has 0 aromatic heterocycles. The van der Waals surface area contributed by atoms with Gasteiger partial charge in [0.1, 0.15) is 5.75 Å². The Kier molecular flexibility index (Phi) is 6.95. The second-order valence-corrected chi connectivity index (χ2v) is 5.38. The van der Waals surface area contributed by atoms with Gasteiger partial charge in [0.25, 0.3) is 5.91 Å². The third-order valence-corrected chi connectivity index (χ3v) is 3.41. The van der Waals surface area contributed by atoms with Crippen LogP contribution in [0.25, 0.3) is 6.08 Å². The van der Waals surface area contributed by atoms with Crippen molar-refractivity contribution in [2.45, 2.75) is 12.8 Å². The van der Waals surface area contributed by atoms with Crippen molar-refractivity contribution >= 4 is 23.6 Å². The predicted molar refractivity (Wildman–Crippen MR) is 97.8 cm³/mol. The molecule has 0 bridgehead atoms. The molecule has 0 aliphatic heterocycles. The first-order valence-corrected chi connectivity index (χ1v) is 8.01. The highest BCUT2D eigenvalue weighted by Crippen LogP contribution is 2.15. The number of hydrogen-bond acceptors (Lipinski definition) is 4. The number of nitrogens with zero attached hydrogens (tertiary/aromatic N) is 1. The molecule has 0 unspecified atom stereocenters. The average Bonchev–Trinajstić information content (AvgIpc) is 2.65. The molecule has 0 atom stereocenters. The maximum Gasteiger partial charge on any atom is 0.328 e. The Morgan fingerprint density at radius 3 is 2.42 bits per heavy atom. The van der Waals surface area contributed by atoms with Crippen LogP contribution in [0.1, 0.15) is 28.8 Å². The first-order valence-electron chi connectivity index (χ1n) is 8.01. The highest BCUT2D eigenvalue weighted by molar-refractivity contribution is 6.04. The van der Waals surface area contributed by atoms with E-state index < -0.39 is 5.97 Å². The monoisotopic (exact) mass is 350 g/mol. The molecule has 132 valence electrons. The average molecular weight is 350 g/mol. The van der Waals surface area contributed by atoms with Gasteiger partial charge in [0.05, 0.1) is 12.7 Å². The Morgan fingerprint density at radius 2 is 1.81 bits per heavy atom. The van der Waals surface area contributed by atoms with Crippen molar-refractivity contribution in [3.8, 4) is 11.8 Å². The summed E-state index contributed by atoms with van der Waals surface area (Å²) < 4.78 is 5.48. The van der Waals surface area contributed by atoms with Crippen molar-refractivity contribution in [3.63, 3.8) is 0 Å². The van der Waals surface area contributed by atoms with E-state index in [1.165, 1.54) is 6.08 Å². The Balaban J connectivity index is 1.91. The van der Waals surface area contributed by atoms with E-state index in [4.69, 9.17) is 15.1 Å². The zero-order valence-electron chi connectivity index (χ0n) is 14.0. The lowest BCUT2D eigenvalue weighted by molar-refractivity contribution is -0.131. The summed E-state index contributed by atoms with van der Waals surface area (Å²) in [7, 11) is 0. The zero-order valence-corrected chi connectivity index (χ0v) is 14.0. The van der Waals surface area contributed by atoms with E-state index in [0.717, 1.165) is 11.6 Å². The van der Waals surface area contributed by atoms with Gasteiger partial charge in [-0.1, -0.05) is 12.1 Å². The fourth-order valence-corrected chi connectivity index (χ4v) is 2.09. The molecule has 0 spiro atoms. The number of ether oxygens (including phenoxy) is 1. The van der Waals surface area contributed by atoms with Gasteiger partial charge in [-0.05, 0) is 54.5 Å². The van der Waals surface area contributed by atoms with Gasteiger partial charge in [0, 0.05) is 23.7 Å². The maximum atomic E-state index is 12.2. The minimum atomic E-state index is -1.01. The minimum Gasteiger partial charge on any atom is -0.494 e. The minimum absolute atomic E-state index is 0.255. The molecule has 6 heteroatoms. The van der Waals surface area contributed by atoms with Crippen LogP contribution in [0.5, 0.6) is 5.75 Å². The van der Waals surface area contributed by atoms with Crippen LogP contribution < -0.4 is 10.1 Å². The number of benzene rings is 2. The SMILES string of the molecule is N#CCCCOc1ccc(C(=O)Nc2ccc(/C=C/C(=O)O)cc2)cc1. The molecule has 0 heterocycles. The first kappa shape index (κ1) is 18.7. The van der Waals surface area contributed by atoms with Crippen LogP contribution in [0.3, 0.4) is 0 Å². The molecule has 2 aromatic rings. The highest BCUT2D eigenvalue weighted by Gasteiger charge is 2.06. The quantitative estimate of drug-likeness (QED) is 0.558. The number of aliphatic carboxylic acids is 1. The Bertz CT molecular complexity index is 818. The molecule has 2 N–H and O–H groups in total. The van der Waals surface area contributed by atoms with Crippen molar-refractivity contribution in [1.82, 2.24) is 0 Å². The van der Waals surface area contributed by atoms with Gasteiger partial charge in [-0.25, -0.2) is 4.79 Å². The van der Waals surface area contributed by atoms with Gasteiger partial charge in [-0.2, -0.15) is 5.26 Å². The van der Waals surface area contributed by atoms with Crippen LogP contribution in [-0.2, 0) is 4.79 Å². The predicted octanol–water partition coefficient (Wildman–Crippen LogP) is 3.72. The number of carbonyl (C=O) groups excluding carboxylic acids is 1. The number of carbonyl (C=O) groups is 2. The zero-order chi connectivity index (χ0) is 18.8. The van der Waals surface area contributed by atoms with E-state index in [2.05, 4.69) is 11.4 Å². The summed E-state index contributed by atoms with van der Waals surface area (Å²) in [4.78, 5) is 22.7. The third kappa shape index (κ3) is 6.13. The molecule has 26 heavy (non-hydrogen) atoms. The molecule has 0 aliphatic rings. The third-order valence-electron chi connectivity index (χ3n) is 3.41. The standard InChI is InChI=1S/C20H18N2O4/c21-13-1-2-14-26-18-10-6-16(7-11-18)20(25)22-17-8-3-15(4-9-17)5-12-19(23)24/h3-12H,1-2,14H2,(H,22,25)(H,23,24)/b12-5+. The Hall–Kier alpha value is -3.59. The fourth-order valence-electron chi connectivity index (χ4n) is 2.09. The van der Waals surface area contributed by atoms with Crippen LogP contribution in [0.2, 0.25) is 0 Å². The lowest BCUT2D eigenvalue weighted by atomic mass is 10.1. The molecule has 0 fully saturated rings. The van der Waals surface area contributed by atoms with E-state index in [1.54, 1.807) is 48.5 Å². The van der Waals surface area contributed by atoms with E-state index in [0.29, 0.717) is 36.4 Å². The molecule has 0 aliphatic carbocycles. The number of nitriles is 1. The van der Waals surface area contributed by atoms with Crippen molar-refractivity contribution in [2.24, 2.45) is 0 Å². The van der Waals surface area contributed by atoms with Gasteiger partial charge in [-0.15, -0.1) is 0 Å². The summed E-state index contributed by atoms with van der Waals surface area (Å²) in [6.45, 7) is 0.460. The largest absolute Gasteiger partial charge is 0.494 e. The lowest BCUT2D eigenvalue weighted by Gasteiger charge is -2.08. The van der Waals surface area contributed by atoms with E-state index in [9.17, 15) is 9.59 Å². The number of anilines is 1. The van der Waals surface area contributed by atoms with E-state index in [-0.39, 0.29) is 5.91 Å². The number of unbranched alkanes of at least 4 members (excludes halogenated alkanes) is 1. The smallest absolute Gasteiger partial charge is 0.328 e. The maximum absolute atomic E-state index is 12.2. The van der Waals surface area contributed by atoms with Gasteiger partial charge in [0.2, 0.25) is 0 Å². The van der Waals surface area contributed by atoms with Gasteiger partial charge in [0.15, 0.2) is 0 Å². The lowest BCUT2D eigenvalue weighted by Crippen LogP contribution is -2.11. The molecule has 0 radical (unpaired) electrons. The molecule has 2 rings (SSSR count). The van der Waals surface area contributed by atoms with Crippen LogP contribution in [0.4, 0.5) is 5.69 Å². The summed E-state index contributed by atoms with van der Waals surface area (Å²) in [5, 5.41) is 19.8. The summed E-state index contributed by atoms with van der Waals surface area (Å²) in [6.07, 6.45) is 3.64. The normalized spacial score (nSPS) is 10.3. The topological polar surface area (TPSA) is 99.4 Å². The van der Waals surface area contributed by atoms with Crippen molar-refractivity contribution in [3.05, 3.63) is 65.7 Å². The highest BCUT2D eigenvalue weighted by atomic mass is 16.5. The second kappa shape index (κ2) is 9.64. The van der Waals surface area contributed by atoms with Crippen molar-refractivity contribution in [1.29, 1.82) is 5.26 Å². The van der Waals surface area contributed by atoms with E-state index in [1.807, 2.05) is 0 Å². The second-order valence-electron chi connectivity index (χ2n) is 5.38. The molecule has 1 amide bonds.